The first-order valence-electron chi connectivity index (χ1n) is 13.4. The van der Waals surface area contributed by atoms with E-state index >= 15 is 0 Å². The van der Waals surface area contributed by atoms with Crippen molar-refractivity contribution < 1.29 is 19.0 Å². The summed E-state index contributed by atoms with van der Waals surface area (Å²) in [5.41, 5.74) is 5.46. The Morgan fingerprint density at radius 2 is 1.62 bits per heavy atom. The van der Waals surface area contributed by atoms with E-state index in [4.69, 9.17) is 16.8 Å². The molecule has 0 spiro atoms. The van der Waals surface area contributed by atoms with E-state index in [0.717, 1.165) is 30.4 Å². The van der Waals surface area contributed by atoms with Crippen LogP contribution in [0.15, 0.2) is 70.2 Å². The van der Waals surface area contributed by atoms with Gasteiger partial charge >= 0.3 is 0 Å². The van der Waals surface area contributed by atoms with Gasteiger partial charge in [-0.25, -0.2) is 4.63 Å². The van der Waals surface area contributed by atoms with Gasteiger partial charge in [0.1, 0.15) is 9.84 Å². The number of nitrogens with zero attached hydrogens (tertiary/aromatic N) is 2. The van der Waals surface area contributed by atoms with E-state index in [1.54, 1.807) is 36.4 Å². The van der Waals surface area contributed by atoms with Crippen molar-refractivity contribution in [3.63, 3.8) is 0 Å². The van der Waals surface area contributed by atoms with Crippen LogP contribution in [0.1, 0.15) is 51.1 Å². The lowest BCUT2D eigenvalue weighted by molar-refractivity contribution is -0.115. The normalized spacial score (nSPS) is 13.8. The Kier molecular flexibility index (Phi) is 9.25. The molecule has 3 aromatic carbocycles. The molecule has 1 saturated heterocycles. The van der Waals surface area contributed by atoms with Crippen molar-refractivity contribution in [2.45, 2.75) is 26.2 Å². The number of hydrogen-bond donors (Lipinski definition) is 4. The molecule has 0 atom stereocenters. The van der Waals surface area contributed by atoms with E-state index in [1.807, 2.05) is 37.3 Å². The second-order valence-electron chi connectivity index (χ2n) is 9.61. The zero-order valence-corrected chi connectivity index (χ0v) is 24.4. The van der Waals surface area contributed by atoms with Gasteiger partial charge in [-0.05, 0) is 84.0 Å². The summed E-state index contributed by atoms with van der Waals surface area (Å²) in [7, 11) is 0. The Hall–Kier alpha value is -4.55. The SMILES string of the molecule is Cc1ccc(Nc2ccccc2C(=O)NCCCCCNC(=O)c2ccc(/C=C3\SC(=S)NC3=O)cc2)c2nonc12. The highest BCUT2D eigenvalue weighted by molar-refractivity contribution is 8.26. The summed E-state index contributed by atoms with van der Waals surface area (Å²) in [5, 5.41) is 19.7. The maximum absolute atomic E-state index is 12.9. The third-order valence-electron chi connectivity index (χ3n) is 6.60. The molecule has 2 heterocycles. The molecule has 214 valence electrons. The molecule has 0 aliphatic carbocycles. The molecule has 42 heavy (non-hydrogen) atoms. The first kappa shape index (κ1) is 29.0. The first-order chi connectivity index (χ1) is 20.4. The molecule has 0 saturated carbocycles. The van der Waals surface area contributed by atoms with E-state index in [9.17, 15) is 14.4 Å². The number of aryl methyl sites for hydroxylation is 1. The minimum Gasteiger partial charge on any atom is -0.353 e. The third kappa shape index (κ3) is 7.01. The van der Waals surface area contributed by atoms with Crippen LogP contribution in [-0.4, -0.2) is 45.4 Å². The molecule has 1 aliphatic rings. The van der Waals surface area contributed by atoms with Crippen molar-refractivity contribution in [2.75, 3.05) is 18.4 Å². The summed E-state index contributed by atoms with van der Waals surface area (Å²) in [5.74, 6) is -0.548. The van der Waals surface area contributed by atoms with Gasteiger partial charge in [-0.3, -0.25) is 14.4 Å². The highest BCUT2D eigenvalue weighted by Gasteiger charge is 2.22. The maximum Gasteiger partial charge on any atom is 0.263 e. The van der Waals surface area contributed by atoms with Gasteiger partial charge in [-0.15, -0.1) is 0 Å². The van der Waals surface area contributed by atoms with Gasteiger partial charge in [0.05, 0.1) is 21.8 Å². The fourth-order valence-electron chi connectivity index (χ4n) is 4.36. The fraction of sp³-hybridized carbons (Fsp3) is 0.200. The van der Waals surface area contributed by atoms with E-state index in [0.29, 0.717) is 55.9 Å². The lowest BCUT2D eigenvalue weighted by atomic mass is 10.1. The molecular weight excluding hydrogens is 573 g/mol. The quantitative estimate of drug-likeness (QED) is 0.105. The number of anilines is 2. The average molecular weight is 601 g/mol. The monoisotopic (exact) mass is 600 g/mol. The summed E-state index contributed by atoms with van der Waals surface area (Å²) in [4.78, 5) is 37.7. The number of aromatic nitrogens is 2. The summed E-state index contributed by atoms with van der Waals surface area (Å²) in [6.45, 7) is 2.98. The Labute approximate surface area is 251 Å². The topological polar surface area (TPSA) is 138 Å². The number of hydrogen-bond acceptors (Lipinski definition) is 9. The van der Waals surface area contributed by atoms with Crippen LogP contribution in [-0.2, 0) is 4.79 Å². The van der Waals surface area contributed by atoms with Crippen molar-refractivity contribution in [3.05, 3.63) is 87.8 Å². The Bertz CT molecular complexity index is 1680. The molecule has 4 N–H and O–H groups in total. The van der Waals surface area contributed by atoms with Gasteiger partial charge in [0, 0.05) is 18.7 Å². The highest BCUT2D eigenvalue weighted by atomic mass is 32.2. The lowest BCUT2D eigenvalue weighted by Crippen LogP contribution is -2.26. The minimum atomic E-state index is -0.210. The largest absolute Gasteiger partial charge is 0.353 e. The predicted octanol–water partition coefficient (Wildman–Crippen LogP) is 5.09. The molecule has 1 aromatic heterocycles. The molecule has 10 nitrogen and oxygen atoms in total. The smallest absolute Gasteiger partial charge is 0.263 e. The maximum atomic E-state index is 12.9. The van der Waals surface area contributed by atoms with Crippen LogP contribution < -0.4 is 21.3 Å². The van der Waals surface area contributed by atoms with Crippen molar-refractivity contribution >= 4 is 74.5 Å². The van der Waals surface area contributed by atoms with Gasteiger partial charge in [-0.1, -0.05) is 54.3 Å². The van der Waals surface area contributed by atoms with Crippen LogP contribution in [0.4, 0.5) is 11.4 Å². The molecule has 0 unspecified atom stereocenters. The Morgan fingerprint density at radius 3 is 2.36 bits per heavy atom. The number of unbranched alkanes of at least 4 members (excludes halogenated alkanes) is 2. The van der Waals surface area contributed by atoms with Gasteiger partial charge in [0.2, 0.25) is 0 Å². The molecule has 0 bridgehead atoms. The predicted molar refractivity (Wildman–Crippen MR) is 168 cm³/mol. The van der Waals surface area contributed by atoms with Crippen LogP contribution in [0.25, 0.3) is 17.1 Å². The Balaban J connectivity index is 1.03. The minimum absolute atomic E-state index is 0.159. The molecule has 0 radical (unpaired) electrons. The van der Waals surface area contributed by atoms with Crippen LogP contribution in [0.2, 0.25) is 0 Å². The van der Waals surface area contributed by atoms with Crippen LogP contribution in [0.3, 0.4) is 0 Å². The molecule has 1 fully saturated rings. The second-order valence-corrected chi connectivity index (χ2v) is 11.3. The second kappa shape index (κ2) is 13.4. The fourth-order valence-corrected chi connectivity index (χ4v) is 5.40. The van der Waals surface area contributed by atoms with Gasteiger partial charge in [0.15, 0.2) is 5.52 Å². The zero-order valence-electron chi connectivity index (χ0n) is 22.7. The Morgan fingerprint density at radius 1 is 0.905 bits per heavy atom. The number of para-hydroxylation sites is 1. The molecule has 12 heteroatoms. The standard InChI is InChI=1S/C30H28N6O4S2/c1-18-9-14-23(26-25(18)35-40-36-26)33-22-8-4-3-7-21(22)28(38)32-16-6-2-5-15-31-27(37)20-12-10-19(11-13-20)17-24-29(39)34-30(41)42-24/h3-4,7-14,17,33H,2,5-6,15-16H2,1H3,(H,31,37)(H,32,38)(H,34,39,41)/b24-17-. The lowest BCUT2D eigenvalue weighted by Gasteiger charge is -2.13. The average Bonchev–Trinajstić information content (AvgIpc) is 3.61. The van der Waals surface area contributed by atoms with Crippen LogP contribution in [0.5, 0.6) is 0 Å². The van der Waals surface area contributed by atoms with Crippen molar-refractivity contribution in [3.8, 4) is 0 Å². The van der Waals surface area contributed by atoms with E-state index in [2.05, 4.69) is 31.6 Å². The number of thiocarbonyl (C=S) groups is 1. The zero-order chi connectivity index (χ0) is 29.5. The van der Waals surface area contributed by atoms with Crippen molar-refractivity contribution in [1.29, 1.82) is 0 Å². The van der Waals surface area contributed by atoms with E-state index in [1.165, 1.54) is 11.8 Å². The molecular formula is C30H28N6O4S2. The van der Waals surface area contributed by atoms with E-state index < -0.39 is 0 Å². The van der Waals surface area contributed by atoms with Crippen molar-refractivity contribution in [2.24, 2.45) is 0 Å². The molecule has 4 aromatic rings. The summed E-state index contributed by atoms with van der Waals surface area (Å²) >= 11 is 6.22. The summed E-state index contributed by atoms with van der Waals surface area (Å²) in [6, 6.07) is 18.1. The van der Waals surface area contributed by atoms with Crippen LogP contribution >= 0.6 is 24.0 Å². The number of benzene rings is 3. The number of thioether (sulfide) groups is 1. The molecule has 1 aliphatic heterocycles. The third-order valence-corrected chi connectivity index (χ3v) is 7.76. The van der Waals surface area contributed by atoms with Gasteiger partial charge in [-0.2, -0.15) is 0 Å². The molecule has 5 rings (SSSR count). The highest BCUT2D eigenvalue weighted by Crippen LogP contribution is 2.28. The number of fused-ring (bicyclic) bond motifs is 1. The summed E-state index contributed by atoms with van der Waals surface area (Å²) < 4.78 is 5.34. The van der Waals surface area contributed by atoms with Crippen LogP contribution in [0, 0.1) is 6.92 Å². The van der Waals surface area contributed by atoms with Gasteiger partial charge in [0.25, 0.3) is 17.7 Å². The molecule has 3 amide bonds. The first-order valence-corrected chi connectivity index (χ1v) is 14.6. The van der Waals surface area contributed by atoms with Crippen molar-refractivity contribution in [1.82, 2.24) is 26.3 Å². The number of amides is 3. The number of carbonyl (C=O) groups excluding carboxylic acids is 3. The number of carbonyl (C=O) groups is 3. The van der Waals surface area contributed by atoms with Gasteiger partial charge < -0.3 is 21.3 Å². The number of nitrogens with one attached hydrogen (secondary N) is 4. The summed E-state index contributed by atoms with van der Waals surface area (Å²) in [6.07, 6.45) is 4.14. The number of rotatable bonds is 11. The van der Waals surface area contributed by atoms with E-state index in [-0.39, 0.29) is 17.7 Å².